The second kappa shape index (κ2) is 6.78. The summed E-state index contributed by atoms with van der Waals surface area (Å²) < 4.78 is 0. The monoisotopic (exact) mass is 275 g/mol. The van der Waals surface area contributed by atoms with Crippen molar-refractivity contribution in [2.75, 3.05) is 6.54 Å². The Kier molecular flexibility index (Phi) is 5.05. The summed E-state index contributed by atoms with van der Waals surface area (Å²) in [5.74, 6) is 0.660. The molecule has 4 heteroatoms. The van der Waals surface area contributed by atoms with Crippen molar-refractivity contribution in [1.82, 2.24) is 15.5 Å². The third-order valence-electron chi connectivity index (χ3n) is 2.92. The van der Waals surface area contributed by atoms with E-state index >= 15 is 0 Å². The summed E-state index contributed by atoms with van der Waals surface area (Å²) in [4.78, 5) is 0. The van der Waals surface area contributed by atoms with E-state index in [9.17, 15) is 0 Å². The van der Waals surface area contributed by atoms with Gasteiger partial charge in [-0.15, -0.1) is 10.2 Å². The average Bonchev–Trinajstić information content (AvgIpc) is 2.87. The molecule has 0 saturated heterocycles. The van der Waals surface area contributed by atoms with Crippen LogP contribution >= 0.6 is 11.3 Å². The molecule has 0 saturated carbocycles. The molecule has 102 valence electrons. The highest BCUT2D eigenvalue weighted by Gasteiger charge is 2.09. The molecule has 0 spiro atoms. The quantitative estimate of drug-likeness (QED) is 0.876. The van der Waals surface area contributed by atoms with E-state index < -0.39 is 0 Å². The van der Waals surface area contributed by atoms with Crippen molar-refractivity contribution >= 4 is 11.3 Å². The fraction of sp³-hybridized carbons (Fsp3) is 0.467. The Hall–Kier alpha value is -1.26. The summed E-state index contributed by atoms with van der Waals surface area (Å²) >= 11 is 1.68. The number of benzene rings is 1. The van der Waals surface area contributed by atoms with Gasteiger partial charge >= 0.3 is 0 Å². The fourth-order valence-electron chi connectivity index (χ4n) is 1.94. The number of rotatable bonds is 6. The molecule has 0 bridgehead atoms. The molecule has 0 amide bonds. The van der Waals surface area contributed by atoms with Gasteiger partial charge in [-0.1, -0.05) is 56.4 Å². The van der Waals surface area contributed by atoms with Gasteiger partial charge in [-0.3, -0.25) is 0 Å². The Morgan fingerprint density at radius 3 is 2.74 bits per heavy atom. The van der Waals surface area contributed by atoms with Crippen LogP contribution in [0.25, 0.3) is 10.6 Å². The number of aryl methyl sites for hydroxylation is 1. The van der Waals surface area contributed by atoms with Crippen molar-refractivity contribution in [1.29, 1.82) is 0 Å². The van der Waals surface area contributed by atoms with E-state index in [2.05, 4.69) is 60.6 Å². The Morgan fingerprint density at radius 2 is 2.00 bits per heavy atom. The van der Waals surface area contributed by atoms with Gasteiger partial charge in [-0.05, 0) is 24.4 Å². The van der Waals surface area contributed by atoms with E-state index in [1.165, 1.54) is 11.1 Å². The molecule has 0 aliphatic heterocycles. The predicted molar refractivity (Wildman–Crippen MR) is 81.3 cm³/mol. The van der Waals surface area contributed by atoms with Crippen LogP contribution in [0.4, 0.5) is 0 Å². The Morgan fingerprint density at radius 1 is 1.21 bits per heavy atom. The van der Waals surface area contributed by atoms with Gasteiger partial charge in [0.1, 0.15) is 10.0 Å². The van der Waals surface area contributed by atoms with Gasteiger partial charge in [0, 0.05) is 12.1 Å². The summed E-state index contributed by atoms with van der Waals surface area (Å²) in [5, 5.41) is 14.1. The van der Waals surface area contributed by atoms with Crippen molar-refractivity contribution in [2.24, 2.45) is 5.92 Å². The van der Waals surface area contributed by atoms with Crippen LogP contribution in [0, 0.1) is 5.92 Å². The smallest absolute Gasteiger partial charge is 0.148 e. The third kappa shape index (κ3) is 3.85. The van der Waals surface area contributed by atoms with Crippen LogP contribution in [0.2, 0.25) is 0 Å². The minimum atomic E-state index is 0.660. The maximum Gasteiger partial charge on any atom is 0.148 e. The molecule has 1 N–H and O–H groups in total. The molecule has 0 aliphatic rings. The minimum absolute atomic E-state index is 0.660. The zero-order valence-corrected chi connectivity index (χ0v) is 12.6. The van der Waals surface area contributed by atoms with Crippen LogP contribution in [0.1, 0.15) is 31.3 Å². The summed E-state index contributed by atoms with van der Waals surface area (Å²) in [6.45, 7) is 8.40. The van der Waals surface area contributed by atoms with Gasteiger partial charge < -0.3 is 5.32 Å². The van der Waals surface area contributed by atoms with E-state index in [4.69, 9.17) is 0 Å². The second-order valence-corrected chi connectivity index (χ2v) is 6.10. The Bertz CT molecular complexity index is 520. The first kappa shape index (κ1) is 14.2. The zero-order valence-electron chi connectivity index (χ0n) is 11.8. The number of nitrogens with one attached hydrogen (secondary N) is 1. The second-order valence-electron chi connectivity index (χ2n) is 5.04. The highest BCUT2D eigenvalue weighted by Crippen LogP contribution is 2.27. The van der Waals surface area contributed by atoms with Gasteiger partial charge in [0.15, 0.2) is 0 Å². The molecular formula is C15H21N3S. The predicted octanol–water partition coefficient (Wildman–Crippen LogP) is 3.51. The van der Waals surface area contributed by atoms with Crippen molar-refractivity contribution in [2.45, 2.75) is 33.7 Å². The molecule has 1 heterocycles. The van der Waals surface area contributed by atoms with Crippen molar-refractivity contribution in [3.05, 3.63) is 34.8 Å². The highest BCUT2D eigenvalue weighted by molar-refractivity contribution is 7.14. The van der Waals surface area contributed by atoms with Crippen molar-refractivity contribution in [3.63, 3.8) is 0 Å². The van der Waals surface area contributed by atoms with E-state index in [0.717, 1.165) is 29.5 Å². The van der Waals surface area contributed by atoms with E-state index in [1.54, 1.807) is 11.3 Å². The van der Waals surface area contributed by atoms with E-state index in [1.807, 2.05) is 0 Å². The molecule has 1 aromatic carbocycles. The van der Waals surface area contributed by atoms with Crippen LogP contribution < -0.4 is 5.32 Å². The lowest BCUT2D eigenvalue weighted by Gasteiger charge is -2.04. The average molecular weight is 275 g/mol. The Balaban J connectivity index is 2.08. The molecule has 1 aromatic heterocycles. The van der Waals surface area contributed by atoms with Gasteiger partial charge in [0.2, 0.25) is 0 Å². The lowest BCUT2D eigenvalue weighted by atomic mass is 10.1. The summed E-state index contributed by atoms with van der Waals surface area (Å²) in [6.07, 6.45) is 1.02. The summed E-state index contributed by atoms with van der Waals surface area (Å²) in [7, 11) is 0. The minimum Gasteiger partial charge on any atom is -0.310 e. The molecule has 3 nitrogen and oxygen atoms in total. The third-order valence-corrected chi connectivity index (χ3v) is 3.88. The molecule has 0 atom stereocenters. The Labute approximate surface area is 119 Å². The van der Waals surface area contributed by atoms with Crippen LogP contribution in [0.15, 0.2) is 24.3 Å². The summed E-state index contributed by atoms with van der Waals surface area (Å²) in [5.41, 5.74) is 2.55. The highest BCUT2D eigenvalue weighted by atomic mass is 32.1. The maximum absolute atomic E-state index is 4.32. The molecular weight excluding hydrogens is 254 g/mol. The normalized spacial score (nSPS) is 11.2. The maximum atomic E-state index is 4.32. The molecule has 0 fully saturated rings. The number of hydrogen-bond donors (Lipinski definition) is 1. The fourth-order valence-corrected chi connectivity index (χ4v) is 2.81. The largest absolute Gasteiger partial charge is 0.310 e. The number of aromatic nitrogens is 2. The van der Waals surface area contributed by atoms with Crippen molar-refractivity contribution < 1.29 is 0 Å². The molecule has 2 aromatic rings. The number of nitrogens with zero attached hydrogens (tertiary/aromatic N) is 2. The zero-order chi connectivity index (χ0) is 13.7. The molecule has 19 heavy (non-hydrogen) atoms. The van der Waals surface area contributed by atoms with Crippen LogP contribution in [0.3, 0.4) is 0 Å². The molecule has 0 unspecified atom stereocenters. The first-order valence-electron chi connectivity index (χ1n) is 6.82. The van der Waals surface area contributed by atoms with Gasteiger partial charge in [-0.25, -0.2) is 0 Å². The lowest BCUT2D eigenvalue weighted by molar-refractivity contribution is 0.550. The first-order chi connectivity index (χ1) is 9.20. The standard InChI is InChI=1S/C15H21N3S/c1-4-12-7-5-6-8-13(12)15-18-17-14(19-15)10-16-9-11(2)3/h5-8,11,16H,4,9-10H2,1-3H3. The summed E-state index contributed by atoms with van der Waals surface area (Å²) in [6, 6.07) is 8.43. The van der Waals surface area contributed by atoms with Gasteiger partial charge in [-0.2, -0.15) is 0 Å². The lowest BCUT2D eigenvalue weighted by Crippen LogP contribution is -2.18. The van der Waals surface area contributed by atoms with Crippen LogP contribution in [-0.2, 0) is 13.0 Å². The molecule has 0 radical (unpaired) electrons. The first-order valence-corrected chi connectivity index (χ1v) is 7.63. The van der Waals surface area contributed by atoms with Gasteiger partial charge in [0.05, 0.1) is 0 Å². The van der Waals surface area contributed by atoms with E-state index in [0.29, 0.717) is 5.92 Å². The number of hydrogen-bond acceptors (Lipinski definition) is 4. The van der Waals surface area contributed by atoms with Crippen LogP contribution in [0.5, 0.6) is 0 Å². The molecule has 0 aliphatic carbocycles. The van der Waals surface area contributed by atoms with E-state index in [-0.39, 0.29) is 0 Å². The SMILES string of the molecule is CCc1ccccc1-c1nnc(CNCC(C)C)s1. The van der Waals surface area contributed by atoms with Crippen LogP contribution in [-0.4, -0.2) is 16.7 Å². The molecule has 2 rings (SSSR count). The van der Waals surface area contributed by atoms with Gasteiger partial charge in [0.25, 0.3) is 0 Å². The van der Waals surface area contributed by atoms with Crippen molar-refractivity contribution in [3.8, 4) is 10.6 Å². The topological polar surface area (TPSA) is 37.8 Å².